The van der Waals surface area contributed by atoms with Crippen molar-refractivity contribution in [3.63, 3.8) is 0 Å². The number of aromatic nitrogens is 1. The molecule has 1 aliphatic rings. The lowest BCUT2D eigenvalue weighted by molar-refractivity contribution is 0.0697. The maximum Gasteiger partial charge on any atom is 0.337 e. The number of rotatable bonds is 7. The van der Waals surface area contributed by atoms with Gasteiger partial charge in [0, 0.05) is 38.9 Å². The van der Waals surface area contributed by atoms with Crippen LogP contribution in [0.4, 0.5) is 11.5 Å². The molecular formula is C25H26N4O4. The van der Waals surface area contributed by atoms with Crippen molar-refractivity contribution in [2.24, 2.45) is 0 Å². The molecule has 1 amide bonds. The number of nitrogens with one attached hydrogen (secondary N) is 1. The minimum Gasteiger partial charge on any atom is -0.496 e. The van der Waals surface area contributed by atoms with Gasteiger partial charge >= 0.3 is 5.97 Å². The Morgan fingerprint density at radius 3 is 2.45 bits per heavy atom. The number of nitrogens with zero attached hydrogens (tertiary/aromatic N) is 3. The molecular weight excluding hydrogens is 420 g/mol. The Morgan fingerprint density at radius 1 is 1.00 bits per heavy atom. The first-order chi connectivity index (χ1) is 16.0. The molecule has 0 spiro atoms. The largest absolute Gasteiger partial charge is 0.496 e. The summed E-state index contributed by atoms with van der Waals surface area (Å²) in [5, 5.41) is 12.4. The first-order valence-electron chi connectivity index (χ1n) is 10.7. The van der Waals surface area contributed by atoms with Crippen molar-refractivity contribution < 1.29 is 19.4 Å². The maximum atomic E-state index is 12.7. The summed E-state index contributed by atoms with van der Waals surface area (Å²) in [6.07, 6.45) is 1.79. The Balaban J connectivity index is 1.43. The summed E-state index contributed by atoms with van der Waals surface area (Å²) in [5.74, 6) is -0.116. The number of aromatic carboxylic acids is 1. The van der Waals surface area contributed by atoms with Crippen LogP contribution in [-0.4, -0.2) is 60.2 Å². The smallest absolute Gasteiger partial charge is 0.337 e. The first-order valence-corrected chi connectivity index (χ1v) is 10.7. The highest BCUT2D eigenvalue weighted by Crippen LogP contribution is 2.23. The lowest BCUT2D eigenvalue weighted by Crippen LogP contribution is -2.46. The van der Waals surface area contributed by atoms with Crippen molar-refractivity contribution in [3.8, 4) is 5.75 Å². The number of hydrogen-bond acceptors (Lipinski definition) is 6. The van der Waals surface area contributed by atoms with Gasteiger partial charge in [-0.25, -0.2) is 9.78 Å². The van der Waals surface area contributed by atoms with E-state index in [1.165, 1.54) is 7.11 Å². The standard InChI is InChI=1S/C25H26N4O4/c1-33-22-7-3-2-6-19(22)24(30)27-21-10-9-18(16-20(21)25(31)32)17-28-12-14-29(15-13-28)23-8-4-5-11-26-23/h2-11,16H,12-15,17H2,1H3,(H,27,30)(H,31,32). The molecule has 2 heterocycles. The van der Waals surface area contributed by atoms with Gasteiger partial charge in [-0.2, -0.15) is 0 Å². The van der Waals surface area contributed by atoms with Gasteiger partial charge in [-0.15, -0.1) is 0 Å². The number of benzene rings is 2. The molecule has 0 aliphatic carbocycles. The Labute approximate surface area is 192 Å². The highest BCUT2D eigenvalue weighted by Gasteiger charge is 2.20. The van der Waals surface area contributed by atoms with Gasteiger partial charge in [0.15, 0.2) is 0 Å². The Hall–Kier alpha value is -3.91. The van der Waals surface area contributed by atoms with E-state index < -0.39 is 11.9 Å². The molecule has 1 aromatic heterocycles. The molecule has 4 rings (SSSR count). The van der Waals surface area contributed by atoms with E-state index in [1.54, 1.807) is 42.6 Å². The number of pyridine rings is 1. The number of piperazine rings is 1. The van der Waals surface area contributed by atoms with Gasteiger partial charge in [0.2, 0.25) is 0 Å². The number of hydrogen-bond donors (Lipinski definition) is 2. The van der Waals surface area contributed by atoms with Gasteiger partial charge in [0.1, 0.15) is 11.6 Å². The van der Waals surface area contributed by atoms with Crippen molar-refractivity contribution >= 4 is 23.4 Å². The second-order valence-electron chi connectivity index (χ2n) is 7.79. The van der Waals surface area contributed by atoms with Crippen LogP contribution in [0.5, 0.6) is 5.75 Å². The molecule has 8 heteroatoms. The van der Waals surface area contributed by atoms with E-state index in [2.05, 4.69) is 20.1 Å². The number of amides is 1. The Kier molecular flexibility index (Phi) is 6.85. The van der Waals surface area contributed by atoms with Crippen LogP contribution in [0.3, 0.4) is 0 Å². The summed E-state index contributed by atoms with van der Waals surface area (Å²) < 4.78 is 5.23. The summed E-state index contributed by atoms with van der Waals surface area (Å²) in [4.78, 5) is 33.6. The van der Waals surface area contributed by atoms with Crippen LogP contribution < -0.4 is 15.0 Å². The number of carboxylic acid groups (broad SMARTS) is 1. The van der Waals surface area contributed by atoms with Gasteiger partial charge in [-0.05, 0) is 42.0 Å². The topological polar surface area (TPSA) is 95.0 Å². The number of anilines is 2. The molecule has 33 heavy (non-hydrogen) atoms. The van der Waals surface area contributed by atoms with E-state index in [9.17, 15) is 14.7 Å². The highest BCUT2D eigenvalue weighted by atomic mass is 16.5. The molecule has 0 bridgehead atoms. The van der Waals surface area contributed by atoms with Crippen LogP contribution in [-0.2, 0) is 6.54 Å². The summed E-state index contributed by atoms with van der Waals surface area (Å²) in [7, 11) is 1.49. The third kappa shape index (κ3) is 5.30. The average Bonchev–Trinajstić information content (AvgIpc) is 2.85. The number of carbonyl (C=O) groups is 2. The van der Waals surface area contributed by atoms with E-state index in [4.69, 9.17) is 4.74 Å². The molecule has 2 N–H and O–H groups in total. The molecule has 2 aromatic carbocycles. The van der Waals surface area contributed by atoms with Gasteiger partial charge in [-0.3, -0.25) is 9.69 Å². The number of carbonyl (C=O) groups excluding carboxylic acids is 1. The first kappa shape index (κ1) is 22.3. The van der Waals surface area contributed by atoms with Crippen LogP contribution in [0, 0.1) is 0 Å². The molecule has 1 fully saturated rings. The molecule has 170 valence electrons. The van der Waals surface area contributed by atoms with Gasteiger partial charge in [0.05, 0.1) is 23.9 Å². The van der Waals surface area contributed by atoms with Crippen LogP contribution in [0.1, 0.15) is 26.3 Å². The quantitative estimate of drug-likeness (QED) is 0.575. The molecule has 0 saturated carbocycles. The predicted molar refractivity (Wildman–Crippen MR) is 126 cm³/mol. The van der Waals surface area contributed by atoms with Crippen molar-refractivity contribution in [2.45, 2.75) is 6.54 Å². The molecule has 0 unspecified atom stereocenters. The van der Waals surface area contributed by atoms with Gasteiger partial charge in [-0.1, -0.05) is 24.3 Å². The van der Waals surface area contributed by atoms with Crippen LogP contribution in [0.15, 0.2) is 66.9 Å². The zero-order chi connectivity index (χ0) is 23.2. The minimum atomic E-state index is -1.09. The van der Waals surface area contributed by atoms with Gasteiger partial charge in [0.25, 0.3) is 5.91 Å². The highest BCUT2D eigenvalue weighted by molar-refractivity contribution is 6.09. The van der Waals surface area contributed by atoms with E-state index in [-0.39, 0.29) is 11.3 Å². The fourth-order valence-corrected chi connectivity index (χ4v) is 3.93. The molecule has 1 aliphatic heterocycles. The normalized spacial score (nSPS) is 14.0. The fraction of sp³-hybridized carbons (Fsp3) is 0.240. The van der Waals surface area contributed by atoms with Crippen molar-refractivity contribution in [2.75, 3.05) is 43.5 Å². The second-order valence-corrected chi connectivity index (χ2v) is 7.79. The van der Waals surface area contributed by atoms with Crippen molar-refractivity contribution in [1.29, 1.82) is 0 Å². The molecule has 1 saturated heterocycles. The van der Waals surface area contributed by atoms with E-state index in [0.29, 0.717) is 17.9 Å². The average molecular weight is 447 g/mol. The van der Waals surface area contributed by atoms with Gasteiger partial charge < -0.3 is 20.1 Å². The molecule has 0 atom stereocenters. The summed E-state index contributed by atoms with van der Waals surface area (Å²) in [6.45, 7) is 4.05. The lowest BCUT2D eigenvalue weighted by atomic mass is 10.1. The van der Waals surface area contributed by atoms with E-state index >= 15 is 0 Å². The molecule has 3 aromatic rings. The van der Waals surface area contributed by atoms with E-state index in [0.717, 1.165) is 37.6 Å². The number of para-hydroxylation sites is 1. The lowest BCUT2D eigenvalue weighted by Gasteiger charge is -2.35. The van der Waals surface area contributed by atoms with Crippen molar-refractivity contribution in [3.05, 3.63) is 83.6 Å². The third-order valence-electron chi connectivity index (χ3n) is 5.67. The number of ether oxygens (including phenoxy) is 1. The summed E-state index contributed by atoms with van der Waals surface area (Å²) in [6, 6.07) is 17.8. The predicted octanol–water partition coefficient (Wildman–Crippen LogP) is 3.36. The zero-order valence-electron chi connectivity index (χ0n) is 18.4. The van der Waals surface area contributed by atoms with Crippen LogP contribution in [0.25, 0.3) is 0 Å². The van der Waals surface area contributed by atoms with Crippen LogP contribution in [0.2, 0.25) is 0 Å². The summed E-state index contributed by atoms with van der Waals surface area (Å²) >= 11 is 0. The van der Waals surface area contributed by atoms with Crippen LogP contribution >= 0.6 is 0 Å². The van der Waals surface area contributed by atoms with E-state index in [1.807, 2.05) is 24.3 Å². The zero-order valence-corrected chi connectivity index (χ0v) is 18.4. The molecule has 0 radical (unpaired) electrons. The second kappa shape index (κ2) is 10.1. The number of methoxy groups -OCH3 is 1. The van der Waals surface area contributed by atoms with Crippen molar-refractivity contribution in [1.82, 2.24) is 9.88 Å². The monoisotopic (exact) mass is 446 g/mol. The fourth-order valence-electron chi connectivity index (χ4n) is 3.93. The number of carboxylic acids is 1. The summed E-state index contributed by atoms with van der Waals surface area (Å²) in [5.41, 5.74) is 1.53. The minimum absolute atomic E-state index is 0.0582. The Bertz CT molecular complexity index is 1130. The molecule has 8 nitrogen and oxygen atoms in total. The third-order valence-corrected chi connectivity index (χ3v) is 5.67. The maximum absolute atomic E-state index is 12.7. The Morgan fingerprint density at radius 2 is 1.76 bits per heavy atom. The SMILES string of the molecule is COc1ccccc1C(=O)Nc1ccc(CN2CCN(c3ccccn3)CC2)cc1C(=O)O.